The van der Waals surface area contributed by atoms with Crippen molar-refractivity contribution in [2.45, 2.75) is 32.4 Å². The minimum atomic E-state index is -0.201. The van der Waals surface area contributed by atoms with Crippen molar-refractivity contribution in [3.8, 4) is 0 Å². The summed E-state index contributed by atoms with van der Waals surface area (Å²) in [6, 6.07) is 25.2. The first-order chi connectivity index (χ1) is 16.5. The molecule has 1 aliphatic heterocycles. The summed E-state index contributed by atoms with van der Waals surface area (Å²) in [5.41, 5.74) is 3.29. The Hall–Kier alpha value is -2.96. The van der Waals surface area contributed by atoms with E-state index in [0.29, 0.717) is 17.8 Å². The van der Waals surface area contributed by atoms with E-state index in [0.717, 1.165) is 36.0 Å². The van der Waals surface area contributed by atoms with Gasteiger partial charge in [0.05, 0.1) is 23.2 Å². The highest BCUT2D eigenvalue weighted by molar-refractivity contribution is 9.10. The molecule has 1 aliphatic rings. The topological polar surface area (TPSA) is 61.4 Å². The number of piperidine rings is 1. The maximum Gasteiger partial charge on any atom is 0.253 e. The van der Waals surface area contributed by atoms with Crippen molar-refractivity contribution in [1.29, 1.82) is 0 Å². The van der Waals surface area contributed by atoms with Gasteiger partial charge in [-0.3, -0.25) is 14.5 Å². The second-order valence-corrected chi connectivity index (χ2v) is 9.76. The summed E-state index contributed by atoms with van der Waals surface area (Å²) in [5.74, 6) is -0.340. The third-order valence-corrected chi connectivity index (χ3v) is 6.80. The Kier molecular flexibility index (Phi) is 8.14. The average molecular weight is 520 g/mol. The molecule has 0 aromatic heterocycles. The molecular formula is C28H30BrN3O2. The van der Waals surface area contributed by atoms with Crippen molar-refractivity contribution in [2.24, 2.45) is 5.92 Å². The van der Waals surface area contributed by atoms with Gasteiger partial charge < -0.3 is 10.6 Å². The summed E-state index contributed by atoms with van der Waals surface area (Å²) < 4.78 is 1.06. The number of amides is 2. The molecule has 6 heteroatoms. The Labute approximate surface area is 209 Å². The number of nitrogens with zero attached hydrogens (tertiary/aromatic N) is 1. The zero-order valence-electron chi connectivity index (χ0n) is 19.3. The Morgan fingerprint density at radius 1 is 1.00 bits per heavy atom. The van der Waals surface area contributed by atoms with E-state index in [1.165, 1.54) is 5.56 Å². The van der Waals surface area contributed by atoms with Crippen LogP contribution in [0.2, 0.25) is 0 Å². The van der Waals surface area contributed by atoms with Crippen molar-refractivity contribution in [2.75, 3.05) is 18.4 Å². The SMILES string of the molecule is CC(NC(=O)c1ccccc1NC(=O)C1CCCN(Cc2ccc(Br)cc2)C1)c1ccccc1. The summed E-state index contributed by atoms with van der Waals surface area (Å²) in [4.78, 5) is 28.5. The number of carbonyl (C=O) groups is 2. The van der Waals surface area contributed by atoms with Crippen LogP contribution in [-0.4, -0.2) is 29.8 Å². The first-order valence-electron chi connectivity index (χ1n) is 11.7. The predicted molar refractivity (Wildman–Crippen MR) is 140 cm³/mol. The number of rotatable bonds is 7. The smallest absolute Gasteiger partial charge is 0.253 e. The summed E-state index contributed by atoms with van der Waals surface area (Å²) in [6.45, 7) is 4.47. The van der Waals surface area contributed by atoms with Gasteiger partial charge in [-0.15, -0.1) is 0 Å². The van der Waals surface area contributed by atoms with E-state index in [1.54, 1.807) is 12.1 Å². The van der Waals surface area contributed by atoms with Crippen LogP contribution in [0.3, 0.4) is 0 Å². The van der Waals surface area contributed by atoms with Crippen LogP contribution in [0, 0.1) is 5.92 Å². The fourth-order valence-electron chi connectivity index (χ4n) is 4.39. The molecule has 0 bridgehead atoms. The van der Waals surface area contributed by atoms with E-state index in [4.69, 9.17) is 0 Å². The number of hydrogen-bond donors (Lipinski definition) is 2. The molecule has 2 amide bonds. The highest BCUT2D eigenvalue weighted by atomic mass is 79.9. The van der Waals surface area contributed by atoms with Gasteiger partial charge in [-0.2, -0.15) is 0 Å². The van der Waals surface area contributed by atoms with Crippen LogP contribution in [0.15, 0.2) is 83.3 Å². The number of benzene rings is 3. The predicted octanol–water partition coefficient (Wildman–Crippen LogP) is 5.79. The van der Waals surface area contributed by atoms with E-state index in [2.05, 4.69) is 43.6 Å². The Morgan fingerprint density at radius 2 is 1.71 bits per heavy atom. The van der Waals surface area contributed by atoms with Gasteiger partial charge in [0.25, 0.3) is 5.91 Å². The van der Waals surface area contributed by atoms with Crippen molar-refractivity contribution < 1.29 is 9.59 Å². The molecule has 0 aliphatic carbocycles. The van der Waals surface area contributed by atoms with Gasteiger partial charge in [0, 0.05) is 17.6 Å². The molecule has 2 atom stereocenters. The largest absolute Gasteiger partial charge is 0.345 e. The van der Waals surface area contributed by atoms with E-state index >= 15 is 0 Å². The van der Waals surface area contributed by atoms with Crippen molar-refractivity contribution in [3.05, 3.63) is 100 Å². The third kappa shape index (κ3) is 6.33. The molecule has 3 aromatic rings. The lowest BCUT2D eigenvalue weighted by molar-refractivity contribution is -0.121. The number of hydrogen-bond acceptors (Lipinski definition) is 3. The molecular weight excluding hydrogens is 490 g/mol. The van der Waals surface area contributed by atoms with Crippen molar-refractivity contribution in [1.82, 2.24) is 10.2 Å². The molecule has 1 fully saturated rings. The summed E-state index contributed by atoms with van der Waals surface area (Å²) in [5, 5.41) is 6.08. The van der Waals surface area contributed by atoms with Crippen molar-refractivity contribution >= 4 is 33.4 Å². The molecule has 2 unspecified atom stereocenters. The van der Waals surface area contributed by atoms with Crippen molar-refractivity contribution in [3.63, 3.8) is 0 Å². The fourth-order valence-corrected chi connectivity index (χ4v) is 4.65. The van der Waals surface area contributed by atoms with Gasteiger partial charge in [0.15, 0.2) is 0 Å². The lowest BCUT2D eigenvalue weighted by atomic mass is 9.96. The van der Waals surface area contributed by atoms with E-state index in [1.807, 2.05) is 61.5 Å². The number of nitrogens with one attached hydrogen (secondary N) is 2. The highest BCUT2D eigenvalue weighted by Gasteiger charge is 2.27. The maximum atomic E-state index is 13.2. The lowest BCUT2D eigenvalue weighted by Gasteiger charge is -2.32. The number of carbonyl (C=O) groups excluding carboxylic acids is 2. The van der Waals surface area contributed by atoms with Gasteiger partial charge in [-0.1, -0.05) is 70.5 Å². The van der Waals surface area contributed by atoms with Gasteiger partial charge in [0.2, 0.25) is 5.91 Å². The van der Waals surface area contributed by atoms with Gasteiger partial charge in [-0.25, -0.2) is 0 Å². The Morgan fingerprint density at radius 3 is 2.47 bits per heavy atom. The lowest BCUT2D eigenvalue weighted by Crippen LogP contribution is -2.40. The molecule has 5 nitrogen and oxygen atoms in total. The standard InChI is InChI=1S/C28H30BrN3O2/c1-20(22-8-3-2-4-9-22)30-28(34)25-11-5-6-12-26(25)31-27(33)23-10-7-17-32(19-23)18-21-13-15-24(29)16-14-21/h2-6,8-9,11-16,20,23H,7,10,17-19H2,1H3,(H,30,34)(H,31,33). The summed E-state index contributed by atoms with van der Waals surface area (Å²) >= 11 is 3.48. The molecule has 1 heterocycles. The van der Waals surface area contributed by atoms with Crippen LogP contribution in [-0.2, 0) is 11.3 Å². The molecule has 0 radical (unpaired) electrons. The number of likely N-dealkylation sites (tertiary alicyclic amines) is 1. The molecule has 176 valence electrons. The van der Waals surface area contributed by atoms with Gasteiger partial charge in [-0.05, 0) is 61.7 Å². The van der Waals surface area contributed by atoms with E-state index < -0.39 is 0 Å². The van der Waals surface area contributed by atoms with Crippen LogP contribution >= 0.6 is 15.9 Å². The second-order valence-electron chi connectivity index (χ2n) is 8.84. The zero-order chi connectivity index (χ0) is 23.9. The highest BCUT2D eigenvalue weighted by Crippen LogP contribution is 2.23. The third-order valence-electron chi connectivity index (χ3n) is 6.27. The Bertz CT molecular complexity index is 1120. The van der Waals surface area contributed by atoms with Gasteiger partial charge >= 0.3 is 0 Å². The summed E-state index contributed by atoms with van der Waals surface area (Å²) in [7, 11) is 0. The molecule has 0 saturated carbocycles. The molecule has 3 aromatic carbocycles. The minimum Gasteiger partial charge on any atom is -0.345 e. The van der Waals surface area contributed by atoms with Gasteiger partial charge in [0.1, 0.15) is 0 Å². The minimum absolute atomic E-state index is 0.0307. The number of para-hydroxylation sites is 1. The molecule has 1 saturated heterocycles. The first kappa shape index (κ1) is 24.2. The summed E-state index contributed by atoms with van der Waals surface area (Å²) in [6.07, 6.45) is 1.83. The van der Waals surface area contributed by atoms with E-state index in [-0.39, 0.29) is 23.8 Å². The van der Waals surface area contributed by atoms with E-state index in [9.17, 15) is 9.59 Å². The molecule has 0 spiro atoms. The molecule has 2 N–H and O–H groups in total. The molecule has 34 heavy (non-hydrogen) atoms. The normalized spacial score (nSPS) is 17.1. The van der Waals surface area contributed by atoms with Crippen LogP contribution in [0.4, 0.5) is 5.69 Å². The first-order valence-corrected chi connectivity index (χ1v) is 12.5. The van der Waals surface area contributed by atoms with Crippen LogP contribution in [0.5, 0.6) is 0 Å². The average Bonchev–Trinajstić information content (AvgIpc) is 2.86. The van der Waals surface area contributed by atoms with Crippen LogP contribution < -0.4 is 10.6 Å². The number of anilines is 1. The monoisotopic (exact) mass is 519 g/mol. The second kappa shape index (κ2) is 11.4. The maximum absolute atomic E-state index is 13.2. The zero-order valence-corrected chi connectivity index (χ0v) is 20.9. The number of halogens is 1. The molecule has 4 rings (SSSR count). The van der Waals surface area contributed by atoms with Crippen LogP contribution in [0.1, 0.15) is 47.3 Å². The van der Waals surface area contributed by atoms with Crippen LogP contribution in [0.25, 0.3) is 0 Å². The fraction of sp³-hybridized carbons (Fsp3) is 0.286. The Balaban J connectivity index is 1.39. The quantitative estimate of drug-likeness (QED) is 0.415.